The summed E-state index contributed by atoms with van der Waals surface area (Å²) in [6, 6.07) is 0. The molecule has 0 amide bonds. The van der Waals surface area contributed by atoms with E-state index in [4.69, 9.17) is 14.2 Å². The molecule has 0 saturated heterocycles. The maximum Gasteiger partial charge on any atom is 0.358 e. The number of thiazole rings is 1. The second-order valence-electron chi connectivity index (χ2n) is 3.42. The second kappa shape index (κ2) is 7.45. The largest absolute Gasteiger partial charge is 0.461 e. The fourth-order valence-corrected chi connectivity index (χ4v) is 2.31. The number of esters is 1. The minimum Gasteiger partial charge on any atom is -0.461 e. The molecular weight excluding hydrogens is 254 g/mol. The predicted molar refractivity (Wildman–Crippen MR) is 68.8 cm³/mol. The summed E-state index contributed by atoms with van der Waals surface area (Å²) in [5.41, 5.74) is 0.348. The first-order valence-electron chi connectivity index (χ1n) is 6.01. The molecule has 0 aliphatic heterocycles. The lowest BCUT2D eigenvalue weighted by Gasteiger charge is -2.13. The van der Waals surface area contributed by atoms with Crippen LogP contribution < -0.4 is 0 Å². The summed E-state index contributed by atoms with van der Waals surface area (Å²) in [4.78, 5) is 16.7. The van der Waals surface area contributed by atoms with Crippen molar-refractivity contribution in [2.45, 2.75) is 34.0 Å². The predicted octanol–water partition coefficient (Wildman–Crippen LogP) is 2.70. The molecule has 0 spiro atoms. The molecule has 0 aliphatic rings. The van der Waals surface area contributed by atoms with Gasteiger partial charge < -0.3 is 14.2 Å². The van der Waals surface area contributed by atoms with Crippen molar-refractivity contribution in [3.8, 4) is 0 Å². The van der Waals surface area contributed by atoms with Gasteiger partial charge in [-0.2, -0.15) is 0 Å². The Morgan fingerprint density at radius 1 is 1.22 bits per heavy atom. The molecule has 0 aromatic carbocycles. The van der Waals surface area contributed by atoms with E-state index in [1.807, 2.05) is 20.8 Å². The first kappa shape index (κ1) is 15.1. The van der Waals surface area contributed by atoms with E-state index in [1.165, 1.54) is 11.3 Å². The summed E-state index contributed by atoms with van der Waals surface area (Å²) in [7, 11) is 0. The van der Waals surface area contributed by atoms with Crippen LogP contribution >= 0.6 is 11.3 Å². The Kier molecular flexibility index (Phi) is 6.24. The van der Waals surface area contributed by atoms with Crippen LogP contribution in [0.2, 0.25) is 0 Å². The summed E-state index contributed by atoms with van der Waals surface area (Å²) < 4.78 is 15.8. The molecule has 1 aromatic rings. The molecule has 6 heteroatoms. The van der Waals surface area contributed by atoms with Gasteiger partial charge in [0.2, 0.25) is 6.29 Å². The van der Waals surface area contributed by atoms with Crippen molar-refractivity contribution in [1.29, 1.82) is 0 Å². The summed E-state index contributed by atoms with van der Waals surface area (Å²) in [5.74, 6) is -0.399. The van der Waals surface area contributed by atoms with Gasteiger partial charge in [-0.25, -0.2) is 9.78 Å². The minimum atomic E-state index is -0.508. The van der Waals surface area contributed by atoms with Crippen LogP contribution in [0.1, 0.15) is 47.4 Å². The number of aromatic nitrogens is 1. The second-order valence-corrected chi connectivity index (χ2v) is 4.65. The number of hydrogen-bond donors (Lipinski definition) is 0. The van der Waals surface area contributed by atoms with Crippen LogP contribution in [0, 0.1) is 6.92 Å². The molecule has 5 nitrogen and oxygen atoms in total. The van der Waals surface area contributed by atoms with Crippen molar-refractivity contribution >= 4 is 17.3 Å². The topological polar surface area (TPSA) is 57.7 Å². The lowest BCUT2D eigenvalue weighted by Crippen LogP contribution is -2.10. The van der Waals surface area contributed by atoms with Crippen molar-refractivity contribution in [3.05, 3.63) is 15.6 Å². The molecule has 0 N–H and O–H groups in total. The first-order valence-corrected chi connectivity index (χ1v) is 6.83. The van der Waals surface area contributed by atoms with Gasteiger partial charge in [0.1, 0.15) is 0 Å². The van der Waals surface area contributed by atoms with Crippen LogP contribution in [0.15, 0.2) is 0 Å². The Balaban J connectivity index is 2.89. The number of rotatable bonds is 7. The number of hydrogen-bond acceptors (Lipinski definition) is 6. The lowest BCUT2D eigenvalue weighted by molar-refractivity contribution is -0.140. The third-order valence-corrected chi connectivity index (χ3v) is 3.11. The van der Waals surface area contributed by atoms with Crippen molar-refractivity contribution in [2.24, 2.45) is 0 Å². The van der Waals surface area contributed by atoms with Gasteiger partial charge in [-0.3, -0.25) is 0 Å². The van der Waals surface area contributed by atoms with E-state index in [0.29, 0.717) is 30.5 Å². The van der Waals surface area contributed by atoms with Gasteiger partial charge in [-0.15, -0.1) is 11.3 Å². The van der Waals surface area contributed by atoms with E-state index in [1.54, 1.807) is 6.92 Å². The number of ether oxygens (including phenoxy) is 3. The Labute approximate surface area is 111 Å². The highest BCUT2D eigenvalue weighted by Crippen LogP contribution is 2.27. The molecule has 102 valence electrons. The SMILES string of the molecule is CCOC(=O)c1nc(C(OCC)OCC)sc1C. The zero-order chi connectivity index (χ0) is 13.5. The van der Waals surface area contributed by atoms with Crippen molar-refractivity contribution in [1.82, 2.24) is 4.98 Å². The molecule has 0 atom stereocenters. The third-order valence-electron chi connectivity index (χ3n) is 2.12. The fraction of sp³-hybridized carbons (Fsp3) is 0.667. The van der Waals surface area contributed by atoms with Gasteiger partial charge in [-0.05, 0) is 27.7 Å². The zero-order valence-corrected chi connectivity index (χ0v) is 12.0. The average Bonchev–Trinajstić information content (AvgIpc) is 2.71. The Morgan fingerprint density at radius 2 is 1.83 bits per heavy atom. The molecular formula is C12H19NO4S. The average molecular weight is 273 g/mol. The molecule has 1 rings (SSSR count). The van der Waals surface area contributed by atoms with Crippen molar-refractivity contribution in [3.63, 3.8) is 0 Å². The normalized spacial score (nSPS) is 10.9. The van der Waals surface area contributed by atoms with E-state index in [0.717, 1.165) is 4.88 Å². The highest BCUT2D eigenvalue weighted by atomic mass is 32.1. The van der Waals surface area contributed by atoms with Gasteiger partial charge in [0.25, 0.3) is 0 Å². The van der Waals surface area contributed by atoms with E-state index in [9.17, 15) is 4.79 Å². The van der Waals surface area contributed by atoms with Gasteiger partial charge in [0.15, 0.2) is 10.7 Å². The maximum absolute atomic E-state index is 11.7. The fourth-order valence-electron chi connectivity index (χ4n) is 1.40. The number of aryl methyl sites for hydroxylation is 1. The van der Waals surface area contributed by atoms with Gasteiger partial charge in [-0.1, -0.05) is 0 Å². The van der Waals surface area contributed by atoms with Gasteiger partial charge in [0.05, 0.1) is 6.61 Å². The Morgan fingerprint density at radius 3 is 2.33 bits per heavy atom. The van der Waals surface area contributed by atoms with E-state index in [2.05, 4.69) is 4.98 Å². The maximum atomic E-state index is 11.7. The number of carbonyl (C=O) groups is 1. The van der Waals surface area contributed by atoms with Crippen molar-refractivity contribution < 1.29 is 19.0 Å². The van der Waals surface area contributed by atoms with Crippen LogP contribution in [-0.2, 0) is 14.2 Å². The lowest BCUT2D eigenvalue weighted by atomic mass is 10.4. The van der Waals surface area contributed by atoms with E-state index in [-0.39, 0.29) is 0 Å². The van der Waals surface area contributed by atoms with Gasteiger partial charge in [0, 0.05) is 18.1 Å². The first-order chi connectivity index (χ1) is 8.63. The Hall–Kier alpha value is -0.980. The minimum absolute atomic E-state index is 0.339. The van der Waals surface area contributed by atoms with Crippen LogP contribution in [0.3, 0.4) is 0 Å². The molecule has 0 saturated carbocycles. The summed E-state index contributed by atoms with van der Waals surface area (Å²) in [6.07, 6.45) is -0.508. The summed E-state index contributed by atoms with van der Waals surface area (Å²) in [6.45, 7) is 8.77. The smallest absolute Gasteiger partial charge is 0.358 e. The van der Waals surface area contributed by atoms with E-state index >= 15 is 0 Å². The molecule has 1 aromatic heterocycles. The summed E-state index contributed by atoms with van der Waals surface area (Å²) >= 11 is 1.39. The van der Waals surface area contributed by atoms with Crippen LogP contribution in [-0.4, -0.2) is 30.8 Å². The number of nitrogens with zero attached hydrogens (tertiary/aromatic N) is 1. The molecule has 18 heavy (non-hydrogen) atoms. The third kappa shape index (κ3) is 3.76. The molecule has 1 heterocycles. The van der Waals surface area contributed by atoms with Crippen LogP contribution in [0.5, 0.6) is 0 Å². The number of carbonyl (C=O) groups excluding carboxylic acids is 1. The molecule has 0 radical (unpaired) electrons. The molecule has 0 bridgehead atoms. The monoisotopic (exact) mass is 273 g/mol. The standard InChI is InChI=1S/C12H19NO4S/c1-5-15-11(14)9-8(4)18-10(13-9)12(16-6-2)17-7-3/h12H,5-7H2,1-4H3. The van der Waals surface area contributed by atoms with Crippen LogP contribution in [0.4, 0.5) is 0 Å². The van der Waals surface area contributed by atoms with Gasteiger partial charge >= 0.3 is 5.97 Å². The van der Waals surface area contributed by atoms with Crippen LogP contribution in [0.25, 0.3) is 0 Å². The highest BCUT2D eigenvalue weighted by molar-refractivity contribution is 7.11. The Bertz CT molecular complexity index is 385. The molecule has 0 fully saturated rings. The quantitative estimate of drug-likeness (QED) is 0.564. The van der Waals surface area contributed by atoms with Crippen molar-refractivity contribution in [2.75, 3.05) is 19.8 Å². The van der Waals surface area contributed by atoms with E-state index < -0.39 is 12.3 Å². The zero-order valence-electron chi connectivity index (χ0n) is 11.2. The molecule has 0 unspecified atom stereocenters. The summed E-state index contributed by atoms with van der Waals surface area (Å²) in [5, 5.41) is 0.652. The highest BCUT2D eigenvalue weighted by Gasteiger charge is 2.22. The molecule has 0 aliphatic carbocycles.